The number of rotatable bonds is 8. The van der Waals surface area contributed by atoms with E-state index in [4.69, 9.17) is 14.2 Å². The van der Waals surface area contributed by atoms with Crippen LogP contribution in [0.4, 0.5) is 0 Å². The van der Waals surface area contributed by atoms with Crippen LogP contribution in [0, 0.1) is 0 Å². The highest BCUT2D eigenvalue weighted by molar-refractivity contribution is 6.03. The van der Waals surface area contributed by atoms with Crippen molar-refractivity contribution in [2.45, 2.75) is 25.5 Å². The standard InChI is InChI=1S/C26H27NO7/c1-32-17-6-3-15(4-7-17)9-10-27-14-18-19(28)12-24-25(26(18)31)21(30)13-23(34-24)16-5-8-22(33-2)20(29)11-16/h3-8,11-12,23,27-29,31H,9-10,13-14H2,1-2H3/t23-/m0/s1. The largest absolute Gasteiger partial charge is 0.507 e. The Kier molecular flexibility index (Phi) is 6.79. The number of benzene rings is 3. The molecule has 1 heterocycles. The Bertz CT molecular complexity index is 1190. The highest BCUT2D eigenvalue weighted by atomic mass is 16.5. The summed E-state index contributed by atoms with van der Waals surface area (Å²) < 4.78 is 16.1. The van der Waals surface area contributed by atoms with Crippen molar-refractivity contribution in [1.82, 2.24) is 5.32 Å². The number of methoxy groups -OCH3 is 2. The van der Waals surface area contributed by atoms with Crippen LogP contribution >= 0.6 is 0 Å². The number of aromatic hydroxyl groups is 3. The Hall–Kier alpha value is -3.91. The van der Waals surface area contributed by atoms with E-state index in [-0.39, 0.29) is 52.9 Å². The first kappa shape index (κ1) is 23.3. The van der Waals surface area contributed by atoms with Gasteiger partial charge in [-0.2, -0.15) is 0 Å². The molecule has 3 aromatic rings. The molecular weight excluding hydrogens is 438 g/mol. The van der Waals surface area contributed by atoms with Crippen LogP contribution in [0.15, 0.2) is 48.5 Å². The molecule has 0 aromatic heterocycles. The van der Waals surface area contributed by atoms with E-state index >= 15 is 0 Å². The summed E-state index contributed by atoms with van der Waals surface area (Å²) in [5.41, 5.74) is 2.00. The van der Waals surface area contributed by atoms with Crippen LogP contribution in [0.1, 0.15) is 39.6 Å². The summed E-state index contributed by atoms with van der Waals surface area (Å²) in [5, 5.41) is 34.5. The van der Waals surface area contributed by atoms with Gasteiger partial charge in [0.2, 0.25) is 0 Å². The fourth-order valence-corrected chi connectivity index (χ4v) is 4.01. The lowest BCUT2D eigenvalue weighted by Gasteiger charge is -2.27. The van der Waals surface area contributed by atoms with Gasteiger partial charge in [-0.25, -0.2) is 0 Å². The van der Waals surface area contributed by atoms with Crippen molar-refractivity contribution in [3.63, 3.8) is 0 Å². The van der Waals surface area contributed by atoms with E-state index in [1.807, 2.05) is 24.3 Å². The highest BCUT2D eigenvalue weighted by Crippen LogP contribution is 2.45. The molecule has 1 aliphatic heterocycles. The van der Waals surface area contributed by atoms with Crippen LogP contribution < -0.4 is 19.5 Å². The van der Waals surface area contributed by atoms with Gasteiger partial charge in [-0.1, -0.05) is 18.2 Å². The number of phenols is 3. The monoisotopic (exact) mass is 465 g/mol. The topological polar surface area (TPSA) is 117 Å². The van der Waals surface area contributed by atoms with Crippen molar-refractivity contribution in [1.29, 1.82) is 0 Å². The molecule has 3 aromatic carbocycles. The maximum absolute atomic E-state index is 12.9. The lowest BCUT2D eigenvalue weighted by molar-refractivity contribution is 0.0844. The number of ketones is 1. The number of hydrogen-bond donors (Lipinski definition) is 4. The molecule has 1 atom stereocenters. The van der Waals surface area contributed by atoms with Crippen molar-refractivity contribution >= 4 is 5.78 Å². The first-order valence-electron chi connectivity index (χ1n) is 10.9. The highest BCUT2D eigenvalue weighted by Gasteiger charge is 2.33. The van der Waals surface area contributed by atoms with E-state index in [9.17, 15) is 20.1 Å². The average Bonchev–Trinajstić information content (AvgIpc) is 2.83. The van der Waals surface area contributed by atoms with Crippen molar-refractivity contribution in [3.8, 4) is 34.5 Å². The third-order valence-electron chi connectivity index (χ3n) is 5.89. The van der Waals surface area contributed by atoms with Gasteiger partial charge in [-0.05, 0) is 48.4 Å². The molecule has 0 saturated heterocycles. The van der Waals surface area contributed by atoms with Crippen LogP contribution in [0.25, 0.3) is 0 Å². The molecule has 8 nitrogen and oxygen atoms in total. The van der Waals surface area contributed by atoms with Crippen LogP contribution in [0.3, 0.4) is 0 Å². The number of fused-ring (bicyclic) bond motifs is 1. The molecule has 0 radical (unpaired) electrons. The molecule has 0 saturated carbocycles. The summed E-state index contributed by atoms with van der Waals surface area (Å²) in [6, 6.07) is 13.8. The minimum Gasteiger partial charge on any atom is -0.507 e. The third-order valence-corrected chi connectivity index (χ3v) is 5.89. The Balaban J connectivity index is 1.45. The lowest BCUT2D eigenvalue weighted by Crippen LogP contribution is -2.22. The number of hydrogen-bond acceptors (Lipinski definition) is 8. The van der Waals surface area contributed by atoms with Crippen LogP contribution in [0.5, 0.6) is 34.5 Å². The molecular formula is C26H27NO7. The second-order valence-electron chi connectivity index (χ2n) is 8.04. The van der Waals surface area contributed by atoms with Crippen LogP contribution in [-0.4, -0.2) is 41.9 Å². The van der Waals surface area contributed by atoms with E-state index in [1.165, 1.54) is 19.2 Å². The summed E-state index contributed by atoms with van der Waals surface area (Å²) in [6.07, 6.45) is 0.0696. The van der Waals surface area contributed by atoms with Gasteiger partial charge in [0.15, 0.2) is 17.3 Å². The lowest BCUT2D eigenvalue weighted by atomic mass is 9.93. The predicted octanol–water partition coefficient (Wildman–Crippen LogP) is 3.86. The maximum Gasteiger partial charge on any atom is 0.174 e. The fourth-order valence-electron chi connectivity index (χ4n) is 4.01. The van der Waals surface area contributed by atoms with Gasteiger partial charge in [-0.3, -0.25) is 4.79 Å². The average molecular weight is 466 g/mol. The molecule has 1 aliphatic rings. The van der Waals surface area contributed by atoms with Gasteiger partial charge in [0, 0.05) is 12.6 Å². The second kappa shape index (κ2) is 9.93. The molecule has 0 spiro atoms. The van der Waals surface area contributed by atoms with Gasteiger partial charge >= 0.3 is 0 Å². The quantitative estimate of drug-likeness (QED) is 0.371. The zero-order valence-corrected chi connectivity index (χ0v) is 19.0. The van der Waals surface area contributed by atoms with E-state index < -0.39 is 6.10 Å². The Morgan fingerprint density at radius 3 is 2.44 bits per heavy atom. The predicted molar refractivity (Wildman–Crippen MR) is 125 cm³/mol. The van der Waals surface area contributed by atoms with Crippen LogP contribution in [0.2, 0.25) is 0 Å². The van der Waals surface area contributed by atoms with E-state index in [1.54, 1.807) is 19.2 Å². The molecule has 0 aliphatic carbocycles. The zero-order valence-electron chi connectivity index (χ0n) is 19.0. The first-order chi connectivity index (χ1) is 16.4. The molecule has 4 N–H and O–H groups in total. The Morgan fingerprint density at radius 2 is 1.76 bits per heavy atom. The number of nitrogens with one attached hydrogen (secondary N) is 1. The smallest absolute Gasteiger partial charge is 0.174 e. The molecule has 178 valence electrons. The number of Topliss-reactive ketones (excluding diaryl/α,β-unsaturated/α-hetero) is 1. The number of phenolic OH excluding ortho intramolecular Hbond substituents is 3. The fraction of sp³-hybridized carbons (Fsp3) is 0.269. The Labute approximate surface area is 197 Å². The summed E-state index contributed by atoms with van der Waals surface area (Å²) in [7, 11) is 3.07. The van der Waals surface area contributed by atoms with Crippen molar-refractivity contribution < 1.29 is 34.3 Å². The zero-order chi connectivity index (χ0) is 24.2. The molecule has 34 heavy (non-hydrogen) atoms. The number of ether oxygens (including phenoxy) is 3. The molecule has 0 fully saturated rings. The molecule has 8 heteroatoms. The number of carbonyl (C=O) groups is 1. The SMILES string of the molecule is COc1ccc(CCNCc2c(O)cc3c(c2O)C(=O)C[C@@H](c2ccc(OC)c(O)c2)O3)cc1. The van der Waals surface area contributed by atoms with E-state index in [2.05, 4.69) is 5.32 Å². The third kappa shape index (κ3) is 4.72. The van der Waals surface area contributed by atoms with E-state index in [0.717, 1.165) is 17.7 Å². The summed E-state index contributed by atoms with van der Waals surface area (Å²) in [5.74, 6) is 0.382. The van der Waals surface area contributed by atoms with Crippen molar-refractivity contribution in [3.05, 3.63) is 70.8 Å². The van der Waals surface area contributed by atoms with Gasteiger partial charge in [0.05, 0.1) is 26.2 Å². The summed E-state index contributed by atoms with van der Waals surface area (Å²) >= 11 is 0. The van der Waals surface area contributed by atoms with Crippen molar-refractivity contribution in [2.24, 2.45) is 0 Å². The summed E-state index contributed by atoms with van der Waals surface area (Å²) in [4.78, 5) is 12.9. The van der Waals surface area contributed by atoms with Gasteiger partial charge in [0.25, 0.3) is 0 Å². The van der Waals surface area contributed by atoms with Crippen molar-refractivity contribution in [2.75, 3.05) is 20.8 Å². The minimum absolute atomic E-state index is 0.0125. The second-order valence-corrected chi connectivity index (χ2v) is 8.04. The van der Waals surface area contributed by atoms with E-state index in [0.29, 0.717) is 17.9 Å². The Morgan fingerprint density at radius 1 is 1.00 bits per heavy atom. The summed E-state index contributed by atoms with van der Waals surface area (Å²) in [6.45, 7) is 0.792. The minimum atomic E-state index is -0.663. The molecule has 0 bridgehead atoms. The normalized spacial score (nSPS) is 14.9. The maximum atomic E-state index is 12.9. The molecule has 4 rings (SSSR count). The molecule has 0 unspecified atom stereocenters. The number of carbonyl (C=O) groups excluding carboxylic acids is 1. The van der Waals surface area contributed by atoms with Gasteiger partial charge < -0.3 is 34.8 Å². The molecule has 0 amide bonds. The van der Waals surface area contributed by atoms with Gasteiger partial charge in [-0.15, -0.1) is 0 Å². The van der Waals surface area contributed by atoms with Crippen LogP contribution in [-0.2, 0) is 13.0 Å². The van der Waals surface area contributed by atoms with Gasteiger partial charge in [0.1, 0.15) is 34.7 Å². The first-order valence-corrected chi connectivity index (χ1v) is 10.9.